The van der Waals surface area contributed by atoms with Crippen LogP contribution in [0.5, 0.6) is 11.5 Å². The minimum absolute atomic E-state index is 0.117. The van der Waals surface area contributed by atoms with Gasteiger partial charge in [0.1, 0.15) is 11.5 Å². The fraction of sp³-hybridized carbons (Fsp3) is 0.364. The van der Waals surface area contributed by atoms with E-state index in [0.29, 0.717) is 31.0 Å². The minimum atomic E-state index is -0.222. The highest BCUT2D eigenvalue weighted by atomic mass is 16.5. The first-order valence-corrected chi connectivity index (χ1v) is 9.33. The molecule has 0 radical (unpaired) electrons. The zero-order chi connectivity index (χ0) is 20.5. The molecule has 2 N–H and O–H groups in total. The van der Waals surface area contributed by atoms with Crippen molar-refractivity contribution in [2.45, 2.75) is 34.1 Å². The van der Waals surface area contributed by atoms with Crippen molar-refractivity contribution in [2.24, 2.45) is 0 Å². The Morgan fingerprint density at radius 2 is 1.75 bits per heavy atom. The van der Waals surface area contributed by atoms with E-state index in [9.17, 15) is 9.59 Å². The number of nitrogens with one attached hydrogen (secondary N) is 2. The van der Waals surface area contributed by atoms with Crippen LogP contribution in [0.3, 0.4) is 0 Å². The molecule has 6 heteroatoms. The molecular formula is C22H28N2O4. The summed E-state index contributed by atoms with van der Waals surface area (Å²) in [5.41, 5.74) is 4.06. The number of anilines is 1. The third kappa shape index (κ3) is 6.61. The van der Waals surface area contributed by atoms with Crippen molar-refractivity contribution in [1.82, 2.24) is 5.32 Å². The molecule has 2 rings (SSSR count). The predicted molar refractivity (Wildman–Crippen MR) is 110 cm³/mol. The molecule has 0 bridgehead atoms. The number of para-hydroxylation sites is 2. The van der Waals surface area contributed by atoms with Crippen molar-refractivity contribution in [3.05, 3.63) is 53.1 Å². The summed E-state index contributed by atoms with van der Waals surface area (Å²) in [5.74, 6) is 0.933. The van der Waals surface area contributed by atoms with Gasteiger partial charge in [-0.15, -0.1) is 0 Å². The smallest absolute Gasteiger partial charge is 0.257 e. The molecule has 6 nitrogen and oxygen atoms in total. The highest BCUT2D eigenvalue weighted by Gasteiger charge is 2.08. The SMILES string of the molecule is CC(=O)Nc1ccccc1OCC(=O)NCCCOc1cc(C)cc(C)c1C. The Morgan fingerprint density at radius 1 is 1.00 bits per heavy atom. The summed E-state index contributed by atoms with van der Waals surface area (Å²) in [6.45, 7) is 8.49. The van der Waals surface area contributed by atoms with E-state index in [1.165, 1.54) is 18.1 Å². The van der Waals surface area contributed by atoms with Gasteiger partial charge >= 0.3 is 0 Å². The van der Waals surface area contributed by atoms with Crippen LogP contribution in [-0.4, -0.2) is 31.6 Å². The molecule has 28 heavy (non-hydrogen) atoms. The molecular weight excluding hydrogens is 356 g/mol. The first kappa shape index (κ1) is 21.3. The molecule has 0 aliphatic rings. The largest absolute Gasteiger partial charge is 0.493 e. The molecule has 0 aromatic heterocycles. The molecule has 0 aliphatic carbocycles. The number of rotatable bonds is 9. The lowest BCUT2D eigenvalue weighted by atomic mass is 10.1. The second-order valence-electron chi connectivity index (χ2n) is 6.72. The molecule has 2 aromatic carbocycles. The van der Waals surface area contributed by atoms with Gasteiger partial charge in [-0.1, -0.05) is 18.2 Å². The average molecular weight is 384 g/mol. The Kier molecular flexibility index (Phi) is 7.87. The van der Waals surface area contributed by atoms with Crippen LogP contribution in [0, 0.1) is 20.8 Å². The number of carbonyl (C=O) groups excluding carboxylic acids is 2. The molecule has 0 saturated heterocycles. The summed E-state index contributed by atoms with van der Waals surface area (Å²) in [5, 5.41) is 5.48. The van der Waals surface area contributed by atoms with Crippen molar-refractivity contribution < 1.29 is 19.1 Å². The van der Waals surface area contributed by atoms with Crippen LogP contribution in [0.2, 0.25) is 0 Å². The molecule has 0 spiro atoms. The first-order chi connectivity index (χ1) is 13.4. The molecule has 2 aromatic rings. The van der Waals surface area contributed by atoms with Crippen LogP contribution in [-0.2, 0) is 9.59 Å². The summed E-state index contributed by atoms with van der Waals surface area (Å²) < 4.78 is 11.3. The zero-order valence-electron chi connectivity index (χ0n) is 16.9. The molecule has 0 aliphatic heterocycles. The Balaban J connectivity index is 1.71. The van der Waals surface area contributed by atoms with E-state index in [-0.39, 0.29) is 18.4 Å². The second kappa shape index (κ2) is 10.3. The monoisotopic (exact) mass is 384 g/mol. The molecule has 0 unspecified atom stereocenters. The van der Waals surface area contributed by atoms with Gasteiger partial charge in [0.15, 0.2) is 6.61 Å². The van der Waals surface area contributed by atoms with Crippen LogP contribution in [0.25, 0.3) is 0 Å². The van der Waals surface area contributed by atoms with E-state index >= 15 is 0 Å². The number of hydrogen-bond donors (Lipinski definition) is 2. The molecule has 0 heterocycles. The van der Waals surface area contributed by atoms with Crippen LogP contribution < -0.4 is 20.1 Å². The zero-order valence-corrected chi connectivity index (χ0v) is 16.9. The number of ether oxygens (including phenoxy) is 2. The van der Waals surface area contributed by atoms with Gasteiger partial charge < -0.3 is 20.1 Å². The number of benzene rings is 2. The van der Waals surface area contributed by atoms with Crippen molar-refractivity contribution in [3.63, 3.8) is 0 Å². The first-order valence-electron chi connectivity index (χ1n) is 9.33. The summed E-state index contributed by atoms with van der Waals surface area (Å²) >= 11 is 0. The quantitative estimate of drug-likeness (QED) is 0.649. The van der Waals surface area contributed by atoms with Gasteiger partial charge in [-0.3, -0.25) is 9.59 Å². The lowest BCUT2D eigenvalue weighted by molar-refractivity contribution is -0.123. The highest BCUT2D eigenvalue weighted by Crippen LogP contribution is 2.24. The van der Waals surface area contributed by atoms with Gasteiger partial charge in [0, 0.05) is 13.5 Å². The summed E-state index contributed by atoms with van der Waals surface area (Å²) in [6, 6.07) is 11.2. The molecule has 0 saturated carbocycles. The van der Waals surface area contributed by atoms with Gasteiger partial charge in [0.2, 0.25) is 5.91 Å². The fourth-order valence-electron chi connectivity index (χ4n) is 2.71. The summed E-state index contributed by atoms with van der Waals surface area (Å²) in [4.78, 5) is 23.2. The number of carbonyl (C=O) groups is 2. The van der Waals surface area contributed by atoms with Gasteiger partial charge in [0.25, 0.3) is 5.91 Å². The lowest BCUT2D eigenvalue weighted by Crippen LogP contribution is -2.30. The molecule has 150 valence electrons. The molecule has 2 amide bonds. The fourth-order valence-corrected chi connectivity index (χ4v) is 2.71. The number of aryl methyl sites for hydroxylation is 2. The Bertz CT molecular complexity index is 833. The average Bonchev–Trinajstić information content (AvgIpc) is 2.64. The standard InChI is InChI=1S/C22H28N2O4/c1-15-12-16(2)17(3)21(13-15)27-11-7-10-23-22(26)14-28-20-9-6-5-8-19(20)24-18(4)25/h5-6,8-9,12-13H,7,10-11,14H2,1-4H3,(H,23,26)(H,24,25). The van der Waals surface area contributed by atoms with Crippen molar-refractivity contribution in [1.29, 1.82) is 0 Å². The maximum Gasteiger partial charge on any atom is 0.257 e. The van der Waals surface area contributed by atoms with Crippen molar-refractivity contribution >= 4 is 17.5 Å². The van der Waals surface area contributed by atoms with Crippen LogP contribution in [0.4, 0.5) is 5.69 Å². The van der Waals surface area contributed by atoms with E-state index in [4.69, 9.17) is 9.47 Å². The maximum absolute atomic E-state index is 12.0. The Morgan fingerprint density at radius 3 is 2.50 bits per heavy atom. The predicted octanol–water partition coefficient (Wildman–Crippen LogP) is 3.53. The van der Waals surface area contributed by atoms with E-state index < -0.39 is 0 Å². The summed E-state index contributed by atoms with van der Waals surface area (Å²) in [7, 11) is 0. The highest BCUT2D eigenvalue weighted by molar-refractivity contribution is 5.90. The van der Waals surface area contributed by atoms with Gasteiger partial charge in [0.05, 0.1) is 12.3 Å². The normalized spacial score (nSPS) is 10.3. The van der Waals surface area contributed by atoms with E-state index in [0.717, 1.165) is 11.3 Å². The van der Waals surface area contributed by atoms with E-state index in [1.807, 2.05) is 19.9 Å². The van der Waals surface area contributed by atoms with Crippen LogP contribution >= 0.6 is 0 Å². The Hall–Kier alpha value is -3.02. The number of hydrogen-bond acceptors (Lipinski definition) is 4. The van der Waals surface area contributed by atoms with E-state index in [1.54, 1.807) is 24.3 Å². The lowest BCUT2D eigenvalue weighted by Gasteiger charge is -2.13. The Labute approximate surface area is 166 Å². The third-order valence-electron chi connectivity index (χ3n) is 4.22. The number of amides is 2. The molecule has 0 fully saturated rings. The minimum Gasteiger partial charge on any atom is -0.493 e. The van der Waals surface area contributed by atoms with Gasteiger partial charge in [-0.25, -0.2) is 0 Å². The topological polar surface area (TPSA) is 76.7 Å². The second-order valence-corrected chi connectivity index (χ2v) is 6.72. The van der Waals surface area contributed by atoms with Crippen molar-refractivity contribution in [2.75, 3.05) is 25.1 Å². The maximum atomic E-state index is 12.0. The van der Waals surface area contributed by atoms with Gasteiger partial charge in [-0.05, 0) is 62.1 Å². The third-order valence-corrected chi connectivity index (χ3v) is 4.22. The summed E-state index contributed by atoms with van der Waals surface area (Å²) in [6.07, 6.45) is 0.695. The van der Waals surface area contributed by atoms with E-state index in [2.05, 4.69) is 23.6 Å². The van der Waals surface area contributed by atoms with Crippen LogP contribution in [0.15, 0.2) is 36.4 Å². The molecule has 0 atom stereocenters. The van der Waals surface area contributed by atoms with Crippen LogP contribution in [0.1, 0.15) is 30.0 Å². The van der Waals surface area contributed by atoms with Gasteiger partial charge in [-0.2, -0.15) is 0 Å². The van der Waals surface area contributed by atoms with Crippen molar-refractivity contribution in [3.8, 4) is 11.5 Å².